The number of alkyl halides is 4. The average molecular weight is 205 g/mol. The molecule has 0 atom stereocenters. The fourth-order valence-electron chi connectivity index (χ4n) is 0.497. The zero-order valence-corrected chi connectivity index (χ0v) is 6.91. The molecule has 0 aromatic rings. The van der Waals surface area contributed by atoms with Gasteiger partial charge in [0.05, 0.1) is 6.61 Å². The minimum Gasteiger partial charge on any atom is -0.465 e. The van der Waals surface area contributed by atoms with Crippen molar-refractivity contribution >= 4 is 17.6 Å². The summed E-state index contributed by atoms with van der Waals surface area (Å²) < 4.78 is 38.8. The fourth-order valence-corrected chi connectivity index (χ4v) is 0.574. The zero-order valence-electron chi connectivity index (χ0n) is 6.16. The van der Waals surface area contributed by atoms with E-state index >= 15 is 0 Å². The smallest absolute Gasteiger partial charge is 0.389 e. The fraction of sp³-hybridized carbons (Fsp3) is 0.833. The van der Waals surface area contributed by atoms with Crippen molar-refractivity contribution in [2.45, 2.75) is 19.0 Å². The maximum atomic E-state index is 11.5. The van der Waals surface area contributed by atoms with Crippen molar-refractivity contribution in [3.05, 3.63) is 0 Å². The summed E-state index contributed by atoms with van der Waals surface area (Å²) in [7, 11) is 0. The first-order chi connectivity index (χ1) is 5.45. The maximum Gasteiger partial charge on any atom is 0.389 e. The van der Waals surface area contributed by atoms with Gasteiger partial charge in [-0.15, -0.1) is 11.6 Å². The molecule has 0 saturated heterocycles. The quantitative estimate of drug-likeness (QED) is 0.398. The first-order valence-corrected chi connectivity index (χ1v) is 3.77. The molecule has 0 aromatic carbocycles. The molecule has 0 aliphatic heterocycles. The molecule has 0 radical (unpaired) electrons. The van der Waals surface area contributed by atoms with E-state index in [-0.39, 0.29) is 18.9 Å². The lowest BCUT2D eigenvalue weighted by molar-refractivity contribution is -0.148. The molecule has 6 heteroatoms. The van der Waals surface area contributed by atoms with Crippen LogP contribution in [0.1, 0.15) is 12.8 Å². The standard InChI is InChI=1S/C6H8ClF3O2/c7-4-5(11)12-3-1-2-6(8,9)10/h1-4H2. The van der Waals surface area contributed by atoms with Gasteiger partial charge in [0.15, 0.2) is 0 Å². The van der Waals surface area contributed by atoms with Gasteiger partial charge in [0.2, 0.25) is 0 Å². The molecule has 0 N–H and O–H groups in total. The van der Waals surface area contributed by atoms with E-state index in [0.29, 0.717) is 0 Å². The highest BCUT2D eigenvalue weighted by molar-refractivity contribution is 6.26. The number of carbonyl (C=O) groups excluding carboxylic acids is 1. The Labute approximate surface area is 72.6 Å². The molecule has 0 amide bonds. The summed E-state index contributed by atoms with van der Waals surface area (Å²) in [6, 6.07) is 0. The topological polar surface area (TPSA) is 26.3 Å². The van der Waals surface area contributed by atoms with Crippen molar-refractivity contribution < 1.29 is 22.7 Å². The van der Waals surface area contributed by atoms with Gasteiger partial charge in [-0.1, -0.05) is 0 Å². The Morgan fingerprint density at radius 2 is 2.00 bits per heavy atom. The predicted octanol–water partition coefficient (Wildman–Crippen LogP) is 2.11. The third kappa shape index (κ3) is 7.65. The number of esters is 1. The first-order valence-electron chi connectivity index (χ1n) is 3.24. The Hall–Kier alpha value is -0.450. The van der Waals surface area contributed by atoms with Crippen LogP contribution in [0.4, 0.5) is 13.2 Å². The van der Waals surface area contributed by atoms with Crippen molar-refractivity contribution in [1.82, 2.24) is 0 Å². The number of hydrogen-bond acceptors (Lipinski definition) is 2. The van der Waals surface area contributed by atoms with Gasteiger partial charge in [-0.2, -0.15) is 13.2 Å². The van der Waals surface area contributed by atoms with Gasteiger partial charge in [0, 0.05) is 6.42 Å². The number of halogens is 4. The first kappa shape index (κ1) is 11.6. The normalized spacial score (nSPS) is 11.3. The molecule has 0 spiro atoms. The van der Waals surface area contributed by atoms with Gasteiger partial charge in [0.1, 0.15) is 5.88 Å². The predicted molar refractivity (Wildman–Crippen MR) is 37.0 cm³/mol. The second-order valence-electron chi connectivity index (χ2n) is 2.07. The Balaban J connectivity index is 3.28. The van der Waals surface area contributed by atoms with E-state index in [4.69, 9.17) is 11.6 Å². The summed E-state index contributed by atoms with van der Waals surface area (Å²) >= 11 is 5.02. The molecular formula is C6H8ClF3O2. The van der Waals surface area contributed by atoms with Crippen molar-refractivity contribution in [3.8, 4) is 0 Å². The molecule has 72 valence electrons. The number of hydrogen-bond donors (Lipinski definition) is 0. The van der Waals surface area contributed by atoms with Crippen molar-refractivity contribution in [3.63, 3.8) is 0 Å². The van der Waals surface area contributed by atoms with Gasteiger partial charge in [0.25, 0.3) is 0 Å². The lowest BCUT2D eigenvalue weighted by Crippen LogP contribution is -2.11. The second-order valence-corrected chi connectivity index (χ2v) is 2.34. The Morgan fingerprint density at radius 1 is 1.42 bits per heavy atom. The van der Waals surface area contributed by atoms with Crippen LogP contribution >= 0.6 is 11.6 Å². The lowest BCUT2D eigenvalue weighted by Gasteiger charge is -2.05. The monoisotopic (exact) mass is 204 g/mol. The molecule has 0 aliphatic rings. The molecule has 0 aromatic heterocycles. The summed E-state index contributed by atoms with van der Waals surface area (Å²) in [5, 5.41) is 0. The third-order valence-corrected chi connectivity index (χ3v) is 1.19. The SMILES string of the molecule is O=C(CCl)OCCCC(F)(F)F. The van der Waals surface area contributed by atoms with Crippen LogP contribution in [-0.4, -0.2) is 24.6 Å². The van der Waals surface area contributed by atoms with Gasteiger partial charge in [-0.05, 0) is 6.42 Å². The summed E-state index contributed by atoms with van der Waals surface area (Å²) in [5.74, 6) is -1.02. The van der Waals surface area contributed by atoms with Gasteiger partial charge >= 0.3 is 12.1 Å². The zero-order chi connectivity index (χ0) is 9.61. The summed E-state index contributed by atoms with van der Waals surface area (Å²) in [5.41, 5.74) is 0. The average Bonchev–Trinajstić information content (AvgIpc) is 1.96. The van der Waals surface area contributed by atoms with Crippen LogP contribution in [-0.2, 0) is 9.53 Å². The van der Waals surface area contributed by atoms with Crippen LogP contribution in [0.15, 0.2) is 0 Å². The molecule has 12 heavy (non-hydrogen) atoms. The highest BCUT2D eigenvalue weighted by Gasteiger charge is 2.26. The molecule has 0 heterocycles. The molecule has 0 fully saturated rings. The van der Waals surface area contributed by atoms with Gasteiger partial charge < -0.3 is 4.74 Å². The van der Waals surface area contributed by atoms with E-state index in [0.717, 1.165) is 0 Å². The Bertz CT molecular complexity index is 146. The van der Waals surface area contributed by atoms with Crippen molar-refractivity contribution in [2.75, 3.05) is 12.5 Å². The molecule has 0 saturated carbocycles. The van der Waals surface area contributed by atoms with Crippen LogP contribution in [0, 0.1) is 0 Å². The second kappa shape index (κ2) is 5.24. The summed E-state index contributed by atoms with van der Waals surface area (Å²) in [4.78, 5) is 10.3. The summed E-state index contributed by atoms with van der Waals surface area (Å²) in [6.45, 7) is -0.231. The van der Waals surface area contributed by atoms with E-state index in [1.807, 2.05) is 0 Å². The van der Waals surface area contributed by atoms with Crippen LogP contribution in [0.2, 0.25) is 0 Å². The van der Waals surface area contributed by atoms with Crippen LogP contribution in [0.25, 0.3) is 0 Å². The van der Waals surface area contributed by atoms with Gasteiger partial charge in [-0.3, -0.25) is 4.79 Å². The summed E-state index contributed by atoms with van der Waals surface area (Å²) in [6.07, 6.45) is -5.35. The van der Waals surface area contributed by atoms with E-state index in [1.165, 1.54) is 0 Å². The number of carbonyl (C=O) groups is 1. The Morgan fingerprint density at radius 3 is 2.42 bits per heavy atom. The molecule has 0 rings (SSSR count). The number of ether oxygens (including phenoxy) is 1. The minimum atomic E-state index is -4.19. The van der Waals surface area contributed by atoms with Crippen molar-refractivity contribution in [2.24, 2.45) is 0 Å². The molecule has 2 nitrogen and oxygen atoms in total. The lowest BCUT2D eigenvalue weighted by atomic mass is 10.3. The highest BCUT2D eigenvalue weighted by Crippen LogP contribution is 2.20. The van der Waals surface area contributed by atoms with E-state index in [1.54, 1.807) is 0 Å². The van der Waals surface area contributed by atoms with E-state index < -0.39 is 18.6 Å². The van der Waals surface area contributed by atoms with Crippen molar-refractivity contribution in [1.29, 1.82) is 0 Å². The van der Waals surface area contributed by atoms with E-state index in [9.17, 15) is 18.0 Å². The Kier molecular flexibility index (Phi) is 5.04. The largest absolute Gasteiger partial charge is 0.465 e. The van der Waals surface area contributed by atoms with Crippen LogP contribution in [0.5, 0.6) is 0 Å². The highest BCUT2D eigenvalue weighted by atomic mass is 35.5. The molecular weight excluding hydrogens is 197 g/mol. The van der Waals surface area contributed by atoms with Gasteiger partial charge in [-0.25, -0.2) is 0 Å². The molecule has 0 aliphatic carbocycles. The third-order valence-electron chi connectivity index (χ3n) is 0.977. The molecule has 0 bridgehead atoms. The molecule has 0 unspecified atom stereocenters. The van der Waals surface area contributed by atoms with E-state index in [2.05, 4.69) is 4.74 Å². The van der Waals surface area contributed by atoms with Crippen LogP contribution in [0.3, 0.4) is 0 Å². The van der Waals surface area contributed by atoms with Crippen LogP contribution < -0.4 is 0 Å². The minimum absolute atomic E-state index is 0.216. The number of rotatable bonds is 4. The maximum absolute atomic E-state index is 11.5.